The highest BCUT2D eigenvalue weighted by molar-refractivity contribution is 5.40. The smallest absolute Gasteiger partial charge is 0.168 e. The lowest BCUT2D eigenvalue weighted by atomic mass is 10.3. The number of rotatable bonds is 2. The standard InChI is InChI=1S/C13H19F2N3/c1-10(2)17-4-3-5-18(7-6-17)13-12(15)8-11(14)9-16-13/h8-10H,3-7H2,1-2H3. The molecule has 3 nitrogen and oxygen atoms in total. The Morgan fingerprint density at radius 1 is 1.17 bits per heavy atom. The van der Waals surface area contributed by atoms with Crippen LogP contribution in [0.15, 0.2) is 12.3 Å². The second kappa shape index (κ2) is 5.61. The fourth-order valence-corrected chi connectivity index (χ4v) is 2.31. The van der Waals surface area contributed by atoms with Gasteiger partial charge in [0.15, 0.2) is 11.6 Å². The zero-order chi connectivity index (χ0) is 13.1. The average molecular weight is 255 g/mol. The summed E-state index contributed by atoms with van der Waals surface area (Å²) in [7, 11) is 0. The molecule has 0 amide bonds. The van der Waals surface area contributed by atoms with E-state index in [1.807, 2.05) is 4.90 Å². The summed E-state index contributed by atoms with van der Waals surface area (Å²) < 4.78 is 26.5. The first-order valence-corrected chi connectivity index (χ1v) is 6.38. The molecule has 1 fully saturated rings. The molecular formula is C13H19F2N3. The molecule has 5 heteroatoms. The minimum atomic E-state index is -0.630. The third-order valence-corrected chi connectivity index (χ3v) is 3.35. The minimum absolute atomic E-state index is 0.266. The molecule has 1 aromatic rings. The van der Waals surface area contributed by atoms with Crippen LogP contribution in [0.1, 0.15) is 20.3 Å². The van der Waals surface area contributed by atoms with E-state index in [0.717, 1.165) is 44.9 Å². The van der Waals surface area contributed by atoms with Crippen LogP contribution < -0.4 is 4.90 Å². The summed E-state index contributed by atoms with van der Waals surface area (Å²) in [6.07, 6.45) is 2.04. The van der Waals surface area contributed by atoms with E-state index in [1.165, 1.54) is 0 Å². The van der Waals surface area contributed by atoms with Crippen molar-refractivity contribution in [1.29, 1.82) is 0 Å². The topological polar surface area (TPSA) is 19.4 Å². The van der Waals surface area contributed by atoms with Crippen LogP contribution in [0.2, 0.25) is 0 Å². The van der Waals surface area contributed by atoms with Crippen molar-refractivity contribution < 1.29 is 8.78 Å². The highest BCUT2D eigenvalue weighted by atomic mass is 19.1. The monoisotopic (exact) mass is 255 g/mol. The number of pyridine rings is 1. The first-order chi connectivity index (χ1) is 8.58. The molecule has 0 spiro atoms. The first-order valence-electron chi connectivity index (χ1n) is 6.38. The maximum absolute atomic E-state index is 13.7. The van der Waals surface area contributed by atoms with E-state index in [0.29, 0.717) is 6.04 Å². The number of hydrogen-bond donors (Lipinski definition) is 0. The summed E-state index contributed by atoms with van der Waals surface area (Å²) in [5.41, 5.74) is 0. The zero-order valence-electron chi connectivity index (χ0n) is 10.9. The molecule has 1 aliphatic rings. The molecule has 0 bridgehead atoms. The number of halogens is 2. The second-order valence-corrected chi connectivity index (χ2v) is 4.93. The van der Waals surface area contributed by atoms with Crippen LogP contribution in [0.25, 0.3) is 0 Å². The SMILES string of the molecule is CC(C)N1CCCN(c2ncc(F)cc2F)CC1. The number of aromatic nitrogens is 1. The molecule has 2 heterocycles. The molecule has 18 heavy (non-hydrogen) atoms. The maximum atomic E-state index is 13.7. The highest BCUT2D eigenvalue weighted by Crippen LogP contribution is 2.19. The van der Waals surface area contributed by atoms with Gasteiger partial charge in [-0.2, -0.15) is 0 Å². The molecule has 2 rings (SSSR count). The van der Waals surface area contributed by atoms with Gasteiger partial charge in [0, 0.05) is 38.3 Å². The van der Waals surface area contributed by atoms with Crippen LogP contribution >= 0.6 is 0 Å². The third-order valence-electron chi connectivity index (χ3n) is 3.35. The van der Waals surface area contributed by atoms with Gasteiger partial charge in [-0.25, -0.2) is 13.8 Å². The largest absolute Gasteiger partial charge is 0.353 e. The lowest BCUT2D eigenvalue weighted by Crippen LogP contribution is -2.35. The molecule has 0 atom stereocenters. The van der Waals surface area contributed by atoms with E-state index in [9.17, 15) is 8.78 Å². The van der Waals surface area contributed by atoms with E-state index in [2.05, 4.69) is 23.7 Å². The van der Waals surface area contributed by atoms with Gasteiger partial charge >= 0.3 is 0 Å². The van der Waals surface area contributed by atoms with Crippen LogP contribution in [0.4, 0.5) is 14.6 Å². The maximum Gasteiger partial charge on any atom is 0.168 e. The predicted molar refractivity (Wildman–Crippen MR) is 67.7 cm³/mol. The van der Waals surface area contributed by atoms with Gasteiger partial charge in [0.05, 0.1) is 6.20 Å². The van der Waals surface area contributed by atoms with Gasteiger partial charge in [0.25, 0.3) is 0 Å². The van der Waals surface area contributed by atoms with Crippen molar-refractivity contribution in [3.05, 3.63) is 23.9 Å². The molecule has 1 aromatic heterocycles. The Hall–Kier alpha value is -1.23. The summed E-state index contributed by atoms with van der Waals surface area (Å²) in [5.74, 6) is -0.940. The van der Waals surface area contributed by atoms with Crippen LogP contribution in [-0.2, 0) is 0 Å². The normalized spacial score (nSPS) is 18.2. The molecular weight excluding hydrogens is 236 g/mol. The second-order valence-electron chi connectivity index (χ2n) is 4.93. The van der Waals surface area contributed by atoms with Gasteiger partial charge in [-0.3, -0.25) is 4.90 Å². The lowest BCUT2D eigenvalue weighted by molar-refractivity contribution is 0.238. The Kier molecular flexibility index (Phi) is 4.11. The minimum Gasteiger partial charge on any atom is -0.353 e. The van der Waals surface area contributed by atoms with Crippen molar-refractivity contribution in [3.8, 4) is 0 Å². The van der Waals surface area contributed by atoms with Gasteiger partial charge in [-0.15, -0.1) is 0 Å². The van der Waals surface area contributed by atoms with Crippen molar-refractivity contribution in [1.82, 2.24) is 9.88 Å². The van der Waals surface area contributed by atoms with E-state index >= 15 is 0 Å². The predicted octanol–water partition coefficient (Wildman–Crippen LogP) is 2.28. The summed E-state index contributed by atoms with van der Waals surface area (Å²) in [6.45, 7) is 7.71. The van der Waals surface area contributed by atoms with Gasteiger partial charge < -0.3 is 4.90 Å². The van der Waals surface area contributed by atoms with E-state index in [-0.39, 0.29) is 5.82 Å². The molecule has 0 N–H and O–H groups in total. The van der Waals surface area contributed by atoms with Crippen LogP contribution in [0.5, 0.6) is 0 Å². The Morgan fingerprint density at radius 3 is 2.61 bits per heavy atom. The zero-order valence-corrected chi connectivity index (χ0v) is 10.9. The van der Waals surface area contributed by atoms with E-state index in [4.69, 9.17) is 0 Å². The molecule has 0 aliphatic carbocycles. The van der Waals surface area contributed by atoms with Crippen molar-refractivity contribution in [2.24, 2.45) is 0 Å². The van der Waals surface area contributed by atoms with Gasteiger partial charge in [-0.05, 0) is 20.3 Å². The van der Waals surface area contributed by atoms with Crippen molar-refractivity contribution in [3.63, 3.8) is 0 Å². The van der Waals surface area contributed by atoms with Gasteiger partial charge in [-0.1, -0.05) is 0 Å². The van der Waals surface area contributed by atoms with Gasteiger partial charge in [0.1, 0.15) is 5.82 Å². The molecule has 1 saturated heterocycles. The fraction of sp³-hybridized carbons (Fsp3) is 0.615. The summed E-state index contributed by atoms with van der Waals surface area (Å²) in [5, 5.41) is 0. The summed E-state index contributed by atoms with van der Waals surface area (Å²) in [4.78, 5) is 8.13. The quantitative estimate of drug-likeness (QED) is 0.808. The lowest BCUT2D eigenvalue weighted by Gasteiger charge is -2.25. The van der Waals surface area contributed by atoms with E-state index < -0.39 is 11.6 Å². The molecule has 0 saturated carbocycles. The number of hydrogen-bond acceptors (Lipinski definition) is 3. The fourth-order valence-electron chi connectivity index (χ4n) is 2.31. The Balaban J connectivity index is 2.10. The molecule has 0 aromatic carbocycles. The average Bonchev–Trinajstić information content (AvgIpc) is 2.54. The Bertz CT molecular complexity index is 409. The number of nitrogens with zero attached hydrogens (tertiary/aromatic N) is 3. The van der Waals surface area contributed by atoms with Crippen LogP contribution in [0, 0.1) is 11.6 Å². The third kappa shape index (κ3) is 2.96. The van der Waals surface area contributed by atoms with Crippen molar-refractivity contribution in [2.45, 2.75) is 26.3 Å². The molecule has 0 radical (unpaired) electrons. The van der Waals surface area contributed by atoms with Crippen LogP contribution in [-0.4, -0.2) is 42.1 Å². The summed E-state index contributed by atoms with van der Waals surface area (Å²) in [6, 6.07) is 1.39. The Labute approximate surface area is 106 Å². The van der Waals surface area contributed by atoms with Crippen molar-refractivity contribution >= 4 is 5.82 Å². The number of anilines is 1. The molecule has 100 valence electrons. The Morgan fingerprint density at radius 2 is 1.94 bits per heavy atom. The van der Waals surface area contributed by atoms with Crippen LogP contribution in [0.3, 0.4) is 0 Å². The van der Waals surface area contributed by atoms with E-state index in [1.54, 1.807) is 0 Å². The highest BCUT2D eigenvalue weighted by Gasteiger charge is 2.20. The first kappa shape index (κ1) is 13.2. The molecule has 0 unspecified atom stereocenters. The van der Waals surface area contributed by atoms with Gasteiger partial charge in [0.2, 0.25) is 0 Å². The van der Waals surface area contributed by atoms with Crippen molar-refractivity contribution in [2.75, 3.05) is 31.1 Å². The molecule has 1 aliphatic heterocycles. The summed E-state index contributed by atoms with van der Waals surface area (Å²) >= 11 is 0.